The average Bonchev–Trinajstić information content (AvgIpc) is 2.66. The Labute approximate surface area is 145 Å². The Balaban J connectivity index is 1.65. The largest absolute Gasteiger partial charge is 0.507 e. The molecule has 0 aliphatic rings. The van der Waals surface area contributed by atoms with Gasteiger partial charge in [0.1, 0.15) is 11.6 Å². The molecule has 0 atom stereocenters. The Morgan fingerprint density at radius 3 is 2.48 bits per heavy atom. The van der Waals surface area contributed by atoms with Crippen molar-refractivity contribution in [1.29, 1.82) is 0 Å². The number of benzene rings is 3. The van der Waals surface area contributed by atoms with Gasteiger partial charge in [-0.15, -0.1) is 0 Å². The standard InChI is InChI=1S/C21H17N3O/c1-14(17-12-10-15-6-2-4-8-18(15)21(17)25)23-24-20-13-11-16-7-3-5-9-19(16)22-20/h2-13,25H,1H3,(H,22,24). The molecule has 3 aromatic carbocycles. The van der Waals surface area contributed by atoms with Crippen molar-refractivity contribution < 1.29 is 5.11 Å². The summed E-state index contributed by atoms with van der Waals surface area (Å²) in [6.45, 7) is 1.86. The maximum absolute atomic E-state index is 10.5. The van der Waals surface area contributed by atoms with Crippen molar-refractivity contribution in [3.63, 3.8) is 0 Å². The highest BCUT2D eigenvalue weighted by Gasteiger charge is 2.08. The van der Waals surface area contributed by atoms with Crippen molar-refractivity contribution in [3.8, 4) is 5.75 Å². The smallest absolute Gasteiger partial charge is 0.146 e. The lowest BCUT2D eigenvalue weighted by Gasteiger charge is -2.08. The number of para-hydroxylation sites is 1. The van der Waals surface area contributed by atoms with Crippen molar-refractivity contribution in [3.05, 3.63) is 78.4 Å². The van der Waals surface area contributed by atoms with E-state index in [1.165, 1.54) is 0 Å². The lowest BCUT2D eigenvalue weighted by atomic mass is 10.0. The van der Waals surface area contributed by atoms with E-state index in [4.69, 9.17) is 0 Å². The van der Waals surface area contributed by atoms with Gasteiger partial charge in [-0.2, -0.15) is 5.10 Å². The van der Waals surface area contributed by atoms with Gasteiger partial charge in [0.15, 0.2) is 0 Å². The number of aromatic hydroxyl groups is 1. The zero-order valence-electron chi connectivity index (χ0n) is 13.8. The van der Waals surface area contributed by atoms with Crippen molar-refractivity contribution in [2.24, 2.45) is 5.10 Å². The second-order valence-corrected chi connectivity index (χ2v) is 5.88. The highest BCUT2D eigenvalue weighted by Crippen LogP contribution is 2.29. The monoisotopic (exact) mass is 327 g/mol. The second-order valence-electron chi connectivity index (χ2n) is 5.88. The molecule has 0 radical (unpaired) electrons. The van der Waals surface area contributed by atoms with Crippen molar-refractivity contribution in [2.75, 3.05) is 5.43 Å². The summed E-state index contributed by atoms with van der Waals surface area (Å²) in [6.07, 6.45) is 0. The fraction of sp³-hybridized carbons (Fsp3) is 0.0476. The highest BCUT2D eigenvalue weighted by atomic mass is 16.3. The number of hydrogen-bond donors (Lipinski definition) is 2. The molecule has 122 valence electrons. The molecular weight excluding hydrogens is 310 g/mol. The average molecular weight is 327 g/mol. The van der Waals surface area contributed by atoms with Crippen LogP contribution >= 0.6 is 0 Å². The van der Waals surface area contributed by atoms with E-state index in [1.807, 2.05) is 79.7 Å². The van der Waals surface area contributed by atoms with Crippen molar-refractivity contribution >= 4 is 33.2 Å². The molecule has 0 saturated carbocycles. The molecule has 0 bridgehead atoms. The zero-order valence-corrected chi connectivity index (χ0v) is 13.8. The molecule has 1 aromatic heterocycles. The molecule has 4 aromatic rings. The quantitative estimate of drug-likeness (QED) is 0.414. The first kappa shape index (κ1) is 15.1. The van der Waals surface area contributed by atoms with Gasteiger partial charge >= 0.3 is 0 Å². The van der Waals surface area contributed by atoms with Crippen LogP contribution < -0.4 is 5.43 Å². The van der Waals surface area contributed by atoms with E-state index in [-0.39, 0.29) is 5.75 Å². The summed E-state index contributed by atoms with van der Waals surface area (Å²) < 4.78 is 0. The van der Waals surface area contributed by atoms with Gasteiger partial charge in [-0.1, -0.05) is 48.5 Å². The number of hydrogen-bond acceptors (Lipinski definition) is 4. The minimum Gasteiger partial charge on any atom is -0.507 e. The molecule has 4 nitrogen and oxygen atoms in total. The van der Waals surface area contributed by atoms with Crippen LogP contribution in [0, 0.1) is 0 Å². The SMILES string of the molecule is CC(=NNc1ccc2ccccc2n1)c1ccc2ccccc2c1O. The van der Waals surface area contributed by atoms with Crippen LogP contribution in [0.5, 0.6) is 5.75 Å². The summed E-state index contributed by atoms with van der Waals surface area (Å²) in [5, 5.41) is 17.8. The number of fused-ring (bicyclic) bond motifs is 2. The Morgan fingerprint density at radius 2 is 1.60 bits per heavy atom. The van der Waals surface area contributed by atoms with Crippen molar-refractivity contribution in [2.45, 2.75) is 6.92 Å². The van der Waals surface area contributed by atoms with E-state index in [1.54, 1.807) is 0 Å². The predicted octanol–water partition coefficient (Wildman–Crippen LogP) is 4.93. The number of pyridine rings is 1. The normalized spacial score (nSPS) is 11.8. The number of nitrogens with zero attached hydrogens (tertiary/aromatic N) is 2. The van der Waals surface area contributed by atoms with Gasteiger partial charge in [-0.3, -0.25) is 5.43 Å². The number of anilines is 1. The van der Waals surface area contributed by atoms with Crippen LogP contribution in [0.25, 0.3) is 21.7 Å². The molecule has 0 amide bonds. The molecule has 0 aliphatic heterocycles. The molecule has 25 heavy (non-hydrogen) atoms. The van der Waals surface area contributed by atoms with Gasteiger partial charge in [0.05, 0.1) is 11.2 Å². The second kappa shape index (κ2) is 6.24. The molecule has 4 heteroatoms. The van der Waals surface area contributed by atoms with Crippen molar-refractivity contribution in [1.82, 2.24) is 4.98 Å². The number of hydrazone groups is 1. The van der Waals surface area contributed by atoms with E-state index in [0.29, 0.717) is 17.1 Å². The summed E-state index contributed by atoms with van der Waals surface area (Å²) in [4.78, 5) is 4.53. The van der Waals surface area contributed by atoms with Crippen LogP contribution in [0.15, 0.2) is 77.9 Å². The summed E-state index contributed by atoms with van der Waals surface area (Å²) in [5.74, 6) is 0.908. The van der Waals surface area contributed by atoms with E-state index in [9.17, 15) is 5.11 Å². The van der Waals surface area contributed by atoms with Gasteiger partial charge in [0, 0.05) is 16.3 Å². The lowest BCUT2D eigenvalue weighted by Crippen LogP contribution is -2.01. The summed E-state index contributed by atoms with van der Waals surface area (Å²) in [7, 11) is 0. The Bertz CT molecular complexity index is 1100. The number of phenols is 1. The minimum atomic E-state index is 0.243. The third kappa shape index (κ3) is 2.90. The molecule has 0 spiro atoms. The van der Waals surface area contributed by atoms with Crippen LogP contribution in [0.4, 0.5) is 5.82 Å². The first-order valence-corrected chi connectivity index (χ1v) is 8.09. The maximum Gasteiger partial charge on any atom is 0.146 e. The van der Waals surface area contributed by atoms with Crippen LogP contribution in [-0.4, -0.2) is 15.8 Å². The minimum absolute atomic E-state index is 0.243. The fourth-order valence-corrected chi connectivity index (χ4v) is 2.88. The molecule has 0 saturated heterocycles. The predicted molar refractivity (Wildman–Crippen MR) is 103 cm³/mol. The topological polar surface area (TPSA) is 57.5 Å². The third-order valence-corrected chi connectivity index (χ3v) is 4.23. The van der Waals surface area contributed by atoms with E-state index >= 15 is 0 Å². The van der Waals surface area contributed by atoms with E-state index in [2.05, 4.69) is 15.5 Å². The number of phenolic OH excluding ortho intramolecular Hbond substituents is 1. The Morgan fingerprint density at radius 1 is 0.880 bits per heavy atom. The van der Waals surface area contributed by atoms with E-state index in [0.717, 1.165) is 21.7 Å². The van der Waals surface area contributed by atoms with Gasteiger partial charge < -0.3 is 5.11 Å². The summed E-state index contributed by atoms with van der Waals surface area (Å²) in [6, 6.07) is 23.4. The zero-order chi connectivity index (χ0) is 17.2. The first-order chi connectivity index (χ1) is 12.2. The number of nitrogens with one attached hydrogen (secondary N) is 1. The maximum atomic E-state index is 10.5. The van der Waals surface area contributed by atoms with Gasteiger partial charge in [-0.25, -0.2) is 4.98 Å². The summed E-state index contributed by atoms with van der Waals surface area (Å²) in [5.41, 5.74) is 5.28. The highest BCUT2D eigenvalue weighted by molar-refractivity contribution is 6.06. The lowest BCUT2D eigenvalue weighted by molar-refractivity contribution is 0.480. The number of aromatic nitrogens is 1. The van der Waals surface area contributed by atoms with Gasteiger partial charge in [0.2, 0.25) is 0 Å². The summed E-state index contributed by atoms with van der Waals surface area (Å²) >= 11 is 0. The Hall–Kier alpha value is -3.40. The van der Waals surface area contributed by atoms with Gasteiger partial charge in [-0.05, 0) is 36.6 Å². The van der Waals surface area contributed by atoms with Gasteiger partial charge in [0.25, 0.3) is 0 Å². The molecule has 2 N–H and O–H groups in total. The van der Waals surface area contributed by atoms with Crippen LogP contribution in [0.2, 0.25) is 0 Å². The fourth-order valence-electron chi connectivity index (χ4n) is 2.88. The molecule has 0 unspecified atom stereocenters. The molecule has 0 fully saturated rings. The molecular formula is C21H17N3O. The molecule has 1 heterocycles. The van der Waals surface area contributed by atoms with Crippen LogP contribution in [-0.2, 0) is 0 Å². The van der Waals surface area contributed by atoms with Crippen LogP contribution in [0.3, 0.4) is 0 Å². The van der Waals surface area contributed by atoms with E-state index < -0.39 is 0 Å². The third-order valence-electron chi connectivity index (χ3n) is 4.23. The van der Waals surface area contributed by atoms with Crippen LogP contribution in [0.1, 0.15) is 12.5 Å². The Kier molecular flexibility index (Phi) is 3.78. The molecule has 0 aliphatic carbocycles. The number of rotatable bonds is 3. The molecule has 4 rings (SSSR count). The first-order valence-electron chi connectivity index (χ1n) is 8.09.